The predicted octanol–water partition coefficient (Wildman–Crippen LogP) is -0.00428. The van der Waals surface area contributed by atoms with Crippen LogP contribution in [0.1, 0.15) is 21.9 Å². The van der Waals surface area contributed by atoms with E-state index in [2.05, 4.69) is 4.90 Å². The summed E-state index contributed by atoms with van der Waals surface area (Å²) in [7, 11) is 0. The molecule has 0 spiro atoms. The number of nitrogens with zero attached hydrogens (tertiary/aromatic N) is 1. The van der Waals surface area contributed by atoms with Crippen LogP contribution in [0.3, 0.4) is 0 Å². The fourth-order valence-corrected chi connectivity index (χ4v) is 2.98. The SMILES string of the molecule is Cc1oc(C(=O)[O-])cc1C[NH+]1CCN(c2ccc(F)cc2)CC1. The van der Waals surface area contributed by atoms with Crippen molar-refractivity contribution in [3.63, 3.8) is 0 Å². The molecule has 1 aromatic heterocycles. The highest BCUT2D eigenvalue weighted by molar-refractivity contribution is 5.82. The molecule has 5 nitrogen and oxygen atoms in total. The molecule has 23 heavy (non-hydrogen) atoms. The van der Waals surface area contributed by atoms with E-state index in [1.165, 1.54) is 17.0 Å². The fourth-order valence-electron chi connectivity index (χ4n) is 2.98. The number of carboxylic acids is 1. The average molecular weight is 318 g/mol. The van der Waals surface area contributed by atoms with E-state index in [1.807, 2.05) is 0 Å². The zero-order valence-electron chi connectivity index (χ0n) is 13.0. The van der Waals surface area contributed by atoms with Crippen molar-refractivity contribution in [1.82, 2.24) is 0 Å². The van der Waals surface area contributed by atoms with Gasteiger partial charge in [-0.15, -0.1) is 0 Å². The van der Waals surface area contributed by atoms with Crippen LogP contribution in [0.5, 0.6) is 0 Å². The second-order valence-electron chi connectivity index (χ2n) is 5.87. The molecule has 1 saturated heterocycles. The van der Waals surface area contributed by atoms with Crippen molar-refractivity contribution in [2.45, 2.75) is 13.5 Å². The summed E-state index contributed by atoms with van der Waals surface area (Å²) in [6.45, 7) is 6.14. The zero-order valence-corrected chi connectivity index (χ0v) is 13.0. The Kier molecular flexibility index (Phi) is 4.34. The van der Waals surface area contributed by atoms with Crippen LogP contribution < -0.4 is 14.9 Å². The Morgan fingerprint density at radius 3 is 2.52 bits per heavy atom. The smallest absolute Gasteiger partial charge is 0.150 e. The van der Waals surface area contributed by atoms with Crippen LogP contribution >= 0.6 is 0 Å². The summed E-state index contributed by atoms with van der Waals surface area (Å²) < 4.78 is 18.2. The number of aromatic carboxylic acids is 1. The number of halogens is 1. The molecule has 0 amide bonds. The lowest BCUT2D eigenvalue weighted by Crippen LogP contribution is -3.13. The first-order valence-corrected chi connectivity index (χ1v) is 7.67. The van der Waals surface area contributed by atoms with Crippen molar-refractivity contribution >= 4 is 11.7 Å². The fraction of sp³-hybridized carbons (Fsp3) is 0.353. The number of furan rings is 1. The second-order valence-corrected chi connectivity index (χ2v) is 5.87. The number of quaternary nitrogens is 1. The van der Waals surface area contributed by atoms with Gasteiger partial charge in [-0.1, -0.05) is 0 Å². The van der Waals surface area contributed by atoms with Crippen LogP contribution in [0.25, 0.3) is 0 Å². The molecule has 1 aliphatic heterocycles. The average Bonchev–Trinajstić information content (AvgIpc) is 2.90. The van der Waals surface area contributed by atoms with Gasteiger partial charge in [-0.2, -0.15) is 0 Å². The molecule has 0 saturated carbocycles. The summed E-state index contributed by atoms with van der Waals surface area (Å²) in [6.07, 6.45) is 0. The standard InChI is InChI=1S/C17H19FN2O3/c1-12-13(10-16(23-12)17(21)22)11-19-6-8-20(9-7-19)15-4-2-14(18)3-5-15/h2-5,10H,6-9,11H2,1H3,(H,21,22). The Morgan fingerprint density at radius 1 is 1.30 bits per heavy atom. The molecule has 122 valence electrons. The Bertz CT molecular complexity index is 688. The normalized spacial score (nSPS) is 15.8. The van der Waals surface area contributed by atoms with Crippen LogP contribution in [0.4, 0.5) is 10.1 Å². The molecular weight excluding hydrogens is 299 g/mol. The van der Waals surface area contributed by atoms with E-state index >= 15 is 0 Å². The van der Waals surface area contributed by atoms with Crippen molar-refractivity contribution in [2.24, 2.45) is 0 Å². The Hall–Kier alpha value is -2.34. The second kappa shape index (κ2) is 6.42. The summed E-state index contributed by atoms with van der Waals surface area (Å²) >= 11 is 0. The number of hydrogen-bond acceptors (Lipinski definition) is 4. The first kappa shape index (κ1) is 15.6. The number of piperazine rings is 1. The van der Waals surface area contributed by atoms with Crippen LogP contribution in [-0.2, 0) is 6.54 Å². The zero-order chi connectivity index (χ0) is 16.4. The van der Waals surface area contributed by atoms with Crippen molar-refractivity contribution in [2.75, 3.05) is 31.1 Å². The number of aryl methyl sites for hydroxylation is 1. The van der Waals surface area contributed by atoms with Gasteiger partial charge in [0.25, 0.3) is 0 Å². The van der Waals surface area contributed by atoms with Crippen LogP contribution in [0.15, 0.2) is 34.7 Å². The Morgan fingerprint density at radius 2 is 1.96 bits per heavy atom. The molecule has 1 N–H and O–H groups in total. The number of carboxylic acid groups (broad SMARTS) is 1. The first-order chi connectivity index (χ1) is 11.0. The molecule has 0 bridgehead atoms. The molecule has 2 aromatic rings. The minimum Gasteiger partial charge on any atom is -0.542 e. The highest BCUT2D eigenvalue weighted by atomic mass is 19.1. The number of carbonyl (C=O) groups excluding carboxylic acids is 1. The third kappa shape index (κ3) is 3.53. The molecule has 1 aliphatic rings. The minimum absolute atomic E-state index is 0.109. The number of carbonyl (C=O) groups is 1. The van der Waals surface area contributed by atoms with E-state index in [1.54, 1.807) is 25.1 Å². The van der Waals surface area contributed by atoms with Gasteiger partial charge >= 0.3 is 0 Å². The minimum atomic E-state index is -1.28. The van der Waals surface area contributed by atoms with Gasteiger partial charge in [-0.3, -0.25) is 0 Å². The molecule has 2 heterocycles. The summed E-state index contributed by atoms with van der Waals surface area (Å²) in [6, 6.07) is 8.11. The van der Waals surface area contributed by atoms with E-state index in [-0.39, 0.29) is 11.6 Å². The molecule has 1 aromatic carbocycles. The third-order valence-corrected chi connectivity index (χ3v) is 4.32. The third-order valence-electron chi connectivity index (χ3n) is 4.32. The maximum absolute atomic E-state index is 13.0. The van der Waals surface area contributed by atoms with Gasteiger partial charge in [-0.05, 0) is 37.3 Å². The highest BCUT2D eigenvalue weighted by Crippen LogP contribution is 2.15. The van der Waals surface area contributed by atoms with Crippen LogP contribution in [0, 0.1) is 12.7 Å². The van der Waals surface area contributed by atoms with Gasteiger partial charge < -0.3 is 24.1 Å². The van der Waals surface area contributed by atoms with Crippen molar-refractivity contribution in [3.05, 3.63) is 53.2 Å². The summed E-state index contributed by atoms with van der Waals surface area (Å²) in [5, 5.41) is 10.8. The summed E-state index contributed by atoms with van der Waals surface area (Å²) in [5.41, 5.74) is 1.94. The number of nitrogens with one attached hydrogen (secondary N) is 1. The van der Waals surface area contributed by atoms with E-state index in [0.717, 1.165) is 44.0 Å². The quantitative estimate of drug-likeness (QED) is 0.862. The van der Waals surface area contributed by atoms with E-state index in [4.69, 9.17) is 4.42 Å². The first-order valence-electron chi connectivity index (χ1n) is 7.67. The van der Waals surface area contributed by atoms with Gasteiger partial charge in [0.2, 0.25) is 0 Å². The Balaban J connectivity index is 1.59. The molecule has 3 rings (SSSR count). The lowest BCUT2D eigenvalue weighted by atomic mass is 10.2. The number of hydrogen-bond donors (Lipinski definition) is 1. The predicted molar refractivity (Wildman–Crippen MR) is 80.8 cm³/mol. The van der Waals surface area contributed by atoms with Gasteiger partial charge in [-0.25, -0.2) is 4.39 Å². The molecule has 1 fully saturated rings. The molecule has 0 radical (unpaired) electrons. The van der Waals surface area contributed by atoms with E-state index in [9.17, 15) is 14.3 Å². The number of rotatable bonds is 4. The van der Waals surface area contributed by atoms with Gasteiger partial charge in [0.1, 0.15) is 29.9 Å². The topological polar surface area (TPSA) is 60.9 Å². The van der Waals surface area contributed by atoms with Crippen molar-refractivity contribution < 1.29 is 23.6 Å². The molecular formula is C17H19FN2O3. The number of anilines is 1. The van der Waals surface area contributed by atoms with Crippen LogP contribution in [0.2, 0.25) is 0 Å². The molecule has 0 unspecified atom stereocenters. The van der Waals surface area contributed by atoms with E-state index in [0.29, 0.717) is 5.76 Å². The van der Waals surface area contributed by atoms with Crippen molar-refractivity contribution in [3.8, 4) is 0 Å². The van der Waals surface area contributed by atoms with E-state index < -0.39 is 5.97 Å². The highest BCUT2D eigenvalue weighted by Gasteiger charge is 2.22. The van der Waals surface area contributed by atoms with Crippen LogP contribution in [-0.4, -0.2) is 32.1 Å². The largest absolute Gasteiger partial charge is 0.542 e. The molecule has 6 heteroatoms. The Labute approximate surface area is 133 Å². The summed E-state index contributed by atoms with van der Waals surface area (Å²) in [5.74, 6) is -0.979. The monoisotopic (exact) mass is 318 g/mol. The molecule has 0 atom stereocenters. The van der Waals surface area contributed by atoms with Gasteiger partial charge in [0, 0.05) is 11.3 Å². The van der Waals surface area contributed by atoms with Gasteiger partial charge in [0.05, 0.1) is 26.2 Å². The maximum Gasteiger partial charge on any atom is 0.150 e. The summed E-state index contributed by atoms with van der Waals surface area (Å²) in [4.78, 5) is 14.4. The van der Waals surface area contributed by atoms with Gasteiger partial charge in [0.15, 0.2) is 0 Å². The number of benzene rings is 1. The maximum atomic E-state index is 13.0. The molecule has 0 aliphatic carbocycles. The van der Waals surface area contributed by atoms with Crippen molar-refractivity contribution in [1.29, 1.82) is 0 Å². The lowest BCUT2D eigenvalue weighted by Gasteiger charge is -2.33. The lowest BCUT2D eigenvalue weighted by molar-refractivity contribution is -0.914.